The van der Waals surface area contributed by atoms with Crippen LogP contribution in [0.25, 0.3) is 6.08 Å². The van der Waals surface area contributed by atoms with Gasteiger partial charge in [0.05, 0.1) is 4.90 Å². The van der Waals surface area contributed by atoms with Crippen LogP contribution in [0.4, 0.5) is 0 Å². The third kappa shape index (κ3) is 2.80. The second-order valence-corrected chi connectivity index (χ2v) is 8.45. The van der Waals surface area contributed by atoms with Crippen molar-refractivity contribution in [3.8, 4) is 0 Å². The highest BCUT2D eigenvalue weighted by molar-refractivity contribution is 7.89. The van der Waals surface area contributed by atoms with Gasteiger partial charge in [0.1, 0.15) is 12.1 Å². The molecule has 2 atom stereocenters. The van der Waals surface area contributed by atoms with E-state index in [1.807, 2.05) is 31.2 Å². The van der Waals surface area contributed by atoms with Crippen molar-refractivity contribution in [3.63, 3.8) is 0 Å². The maximum Gasteiger partial charge on any atom is 0.306 e. The first kappa shape index (κ1) is 16.8. The molecule has 0 aliphatic carbocycles. The second kappa shape index (κ2) is 6.29. The minimum absolute atomic E-state index is 0.224. The molecule has 26 heavy (non-hydrogen) atoms. The number of fused-ring (bicyclic) bond motifs is 1. The van der Waals surface area contributed by atoms with E-state index in [-0.39, 0.29) is 10.9 Å². The highest BCUT2D eigenvalue weighted by atomic mass is 32.2. The monoisotopic (exact) mass is 369 g/mol. The average molecular weight is 369 g/mol. The van der Waals surface area contributed by atoms with Gasteiger partial charge in [0.15, 0.2) is 0 Å². The molecule has 0 N–H and O–H groups in total. The summed E-state index contributed by atoms with van der Waals surface area (Å²) >= 11 is 0. The summed E-state index contributed by atoms with van der Waals surface area (Å²) in [6, 6.07) is 13.8. The summed E-state index contributed by atoms with van der Waals surface area (Å²) in [6.07, 6.45) is 3.69. The number of benzene rings is 2. The smallest absolute Gasteiger partial charge is 0.306 e. The van der Waals surface area contributed by atoms with Crippen LogP contribution in [0.3, 0.4) is 0 Å². The van der Waals surface area contributed by atoms with E-state index in [9.17, 15) is 13.2 Å². The molecule has 0 aromatic heterocycles. The topological polar surface area (TPSA) is 63.7 Å². The predicted octanol–water partition coefficient (Wildman–Crippen LogP) is 3.42. The number of hydrogen-bond donors (Lipinski definition) is 0. The van der Waals surface area contributed by atoms with Crippen LogP contribution in [-0.2, 0) is 19.6 Å². The van der Waals surface area contributed by atoms with Crippen LogP contribution in [-0.4, -0.2) is 24.8 Å². The van der Waals surface area contributed by atoms with Gasteiger partial charge < -0.3 is 4.74 Å². The lowest BCUT2D eigenvalue weighted by Gasteiger charge is -2.36. The van der Waals surface area contributed by atoms with Crippen LogP contribution in [0.2, 0.25) is 0 Å². The van der Waals surface area contributed by atoms with Gasteiger partial charge in [0.2, 0.25) is 0 Å². The van der Waals surface area contributed by atoms with E-state index in [0.717, 1.165) is 16.7 Å². The van der Waals surface area contributed by atoms with Gasteiger partial charge in [-0.2, -0.15) is 0 Å². The summed E-state index contributed by atoms with van der Waals surface area (Å²) < 4.78 is 33.4. The maximum atomic E-state index is 13.3. The van der Waals surface area contributed by atoms with Crippen molar-refractivity contribution in [1.82, 2.24) is 4.31 Å². The molecule has 2 aliphatic heterocycles. The molecule has 1 fully saturated rings. The van der Waals surface area contributed by atoms with E-state index >= 15 is 0 Å². The molecule has 4 rings (SSSR count). The molecule has 6 heteroatoms. The van der Waals surface area contributed by atoms with Crippen LogP contribution in [0.15, 0.2) is 59.6 Å². The Balaban J connectivity index is 1.81. The summed E-state index contributed by atoms with van der Waals surface area (Å²) in [7, 11) is -3.77. The van der Waals surface area contributed by atoms with Gasteiger partial charge in [-0.3, -0.25) is 9.10 Å². The molecule has 1 unspecified atom stereocenters. The summed E-state index contributed by atoms with van der Waals surface area (Å²) in [5.74, 6) is -0.283. The van der Waals surface area contributed by atoms with Crippen molar-refractivity contribution in [2.75, 3.05) is 0 Å². The minimum atomic E-state index is -3.77. The van der Waals surface area contributed by atoms with Crippen molar-refractivity contribution >= 4 is 22.1 Å². The quantitative estimate of drug-likeness (QED) is 0.778. The highest BCUT2D eigenvalue weighted by Gasteiger charge is 2.42. The van der Waals surface area contributed by atoms with Crippen LogP contribution < -0.4 is 0 Å². The zero-order valence-corrected chi connectivity index (χ0v) is 15.1. The molecule has 0 bridgehead atoms. The Morgan fingerprint density at radius 1 is 1.08 bits per heavy atom. The zero-order valence-electron chi connectivity index (χ0n) is 14.3. The van der Waals surface area contributed by atoms with E-state index < -0.39 is 22.2 Å². The third-order valence-electron chi connectivity index (χ3n) is 4.85. The standard InChI is InChI=1S/C20H19NO4S/c1-14-6-8-16(9-7-14)26(23,24)21-13-12-15-4-2-3-5-17(15)20(21)18-10-11-19(22)25-18/h2-9,12-13,18,20H,10-11H2,1H3/t18?,20-/m1/s1. The summed E-state index contributed by atoms with van der Waals surface area (Å²) in [4.78, 5) is 11.9. The number of hydrogen-bond acceptors (Lipinski definition) is 4. The number of cyclic esters (lactones) is 1. The molecule has 0 amide bonds. The molecule has 0 radical (unpaired) electrons. The van der Waals surface area contributed by atoms with Crippen molar-refractivity contribution < 1.29 is 17.9 Å². The van der Waals surface area contributed by atoms with Gasteiger partial charge in [-0.25, -0.2) is 8.42 Å². The van der Waals surface area contributed by atoms with Gasteiger partial charge in [-0.15, -0.1) is 0 Å². The predicted molar refractivity (Wildman–Crippen MR) is 97.5 cm³/mol. The van der Waals surface area contributed by atoms with Gasteiger partial charge >= 0.3 is 5.97 Å². The third-order valence-corrected chi connectivity index (χ3v) is 6.63. The summed E-state index contributed by atoms with van der Waals surface area (Å²) in [5, 5.41) is 0. The molecule has 0 saturated carbocycles. The number of aryl methyl sites for hydroxylation is 1. The first-order valence-electron chi connectivity index (χ1n) is 8.53. The first-order valence-corrected chi connectivity index (χ1v) is 9.97. The largest absolute Gasteiger partial charge is 0.460 e. The molecule has 0 spiro atoms. The van der Waals surface area contributed by atoms with Crippen LogP contribution in [0.5, 0.6) is 0 Å². The Kier molecular flexibility index (Phi) is 4.07. The number of rotatable bonds is 3. The van der Waals surface area contributed by atoms with E-state index in [1.54, 1.807) is 36.5 Å². The van der Waals surface area contributed by atoms with Crippen LogP contribution in [0, 0.1) is 6.92 Å². The van der Waals surface area contributed by atoms with Crippen LogP contribution in [0.1, 0.15) is 35.6 Å². The number of ether oxygens (including phenoxy) is 1. The van der Waals surface area contributed by atoms with Gasteiger partial charge in [0, 0.05) is 12.6 Å². The van der Waals surface area contributed by atoms with Crippen molar-refractivity contribution in [3.05, 3.63) is 71.4 Å². The van der Waals surface area contributed by atoms with Gasteiger partial charge in [-0.1, -0.05) is 42.0 Å². The SMILES string of the molecule is Cc1ccc(S(=O)(=O)N2C=Cc3ccccc3[C@@H]2C2CCC(=O)O2)cc1. The Morgan fingerprint density at radius 3 is 2.50 bits per heavy atom. The van der Waals surface area contributed by atoms with E-state index in [4.69, 9.17) is 4.74 Å². The number of esters is 1. The molecule has 5 nitrogen and oxygen atoms in total. The molecule has 134 valence electrons. The fourth-order valence-electron chi connectivity index (χ4n) is 3.51. The zero-order chi connectivity index (χ0) is 18.3. The maximum absolute atomic E-state index is 13.3. The molecule has 2 aromatic rings. The minimum Gasteiger partial charge on any atom is -0.460 e. The lowest BCUT2D eigenvalue weighted by molar-refractivity contribution is -0.143. The van der Waals surface area contributed by atoms with E-state index in [1.165, 1.54) is 4.31 Å². The van der Waals surface area contributed by atoms with Crippen LogP contribution >= 0.6 is 0 Å². The fraction of sp³-hybridized carbons (Fsp3) is 0.250. The highest BCUT2D eigenvalue weighted by Crippen LogP contribution is 2.40. The lowest BCUT2D eigenvalue weighted by Crippen LogP contribution is -2.39. The number of nitrogens with zero attached hydrogens (tertiary/aromatic N) is 1. The van der Waals surface area contributed by atoms with Crippen molar-refractivity contribution in [2.24, 2.45) is 0 Å². The number of carbonyl (C=O) groups is 1. The van der Waals surface area contributed by atoms with E-state index in [2.05, 4.69) is 0 Å². The number of sulfonamides is 1. The van der Waals surface area contributed by atoms with E-state index in [0.29, 0.717) is 12.8 Å². The van der Waals surface area contributed by atoms with Crippen molar-refractivity contribution in [1.29, 1.82) is 0 Å². The van der Waals surface area contributed by atoms with Crippen molar-refractivity contribution in [2.45, 2.75) is 36.8 Å². The Hall–Kier alpha value is -2.60. The lowest BCUT2D eigenvalue weighted by atomic mass is 9.93. The summed E-state index contributed by atoms with van der Waals surface area (Å²) in [6.45, 7) is 1.91. The molecular formula is C20H19NO4S. The Labute approximate surface area is 153 Å². The molecule has 2 aliphatic rings. The average Bonchev–Trinajstić information content (AvgIpc) is 3.07. The van der Waals surface area contributed by atoms with Gasteiger partial charge in [-0.05, 0) is 42.7 Å². The summed E-state index contributed by atoms with van der Waals surface area (Å²) in [5.41, 5.74) is 2.78. The molecule has 2 aromatic carbocycles. The molecular weight excluding hydrogens is 350 g/mol. The Morgan fingerprint density at radius 2 is 1.81 bits per heavy atom. The fourth-order valence-corrected chi connectivity index (χ4v) is 5.00. The normalized spacial score (nSPS) is 22.2. The second-order valence-electron chi connectivity index (χ2n) is 6.60. The van der Waals surface area contributed by atoms with Gasteiger partial charge in [0.25, 0.3) is 10.0 Å². The Bertz CT molecular complexity index is 979. The first-order chi connectivity index (χ1) is 12.5. The molecule has 1 saturated heterocycles. The molecule has 2 heterocycles. The number of carbonyl (C=O) groups excluding carboxylic acids is 1.